The fraction of sp³-hybridized carbons (Fsp3) is 0.500. The second-order valence-electron chi connectivity index (χ2n) is 10.5. The maximum absolute atomic E-state index is 11.2. The molecule has 1 saturated heterocycles. The molecule has 0 radical (unpaired) electrons. The highest BCUT2D eigenvalue weighted by atomic mass is 32.2. The number of urea groups is 1. The van der Waals surface area contributed by atoms with Gasteiger partial charge in [-0.1, -0.05) is 32.0 Å². The Morgan fingerprint density at radius 2 is 1.68 bits per heavy atom. The van der Waals surface area contributed by atoms with E-state index in [2.05, 4.69) is 20.3 Å². The first-order chi connectivity index (χ1) is 18.9. The standard InChI is InChI=1S/C15H14N2OS.C7H12N2O2.C6H13NO2S/c1-10(2)18-15-14(13-8-5-9-19-13)16-11-6-3-4-7-12(11)17-15;1-4(2)6(10)5-3-8-7(11)9-5;1-5(2)7-10(8,9)6-3-4-6/h3-10H,1-2H3;4-5H,3H2,1-2H3,(H2,8,9,11);5-7H,3-4H2,1-2H3/t;5-;/m.0./s1. The summed E-state index contributed by atoms with van der Waals surface area (Å²) in [6, 6.07) is 11.4. The zero-order valence-corrected chi connectivity index (χ0v) is 25.4. The van der Waals surface area contributed by atoms with Crippen LogP contribution in [0.5, 0.6) is 5.88 Å². The Labute approximate surface area is 240 Å². The van der Waals surface area contributed by atoms with E-state index in [9.17, 15) is 18.0 Å². The van der Waals surface area contributed by atoms with Crippen LogP contribution in [0.4, 0.5) is 4.79 Å². The molecule has 3 aromatic rings. The van der Waals surface area contributed by atoms with Crippen molar-refractivity contribution >= 4 is 44.2 Å². The van der Waals surface area contributed by atoms with Gasteiger partial charge in [0.1, 0.15) is 11.7 Å². The number of aromatic nitrogens is 2. The van der Waals surface area contributed by atoms with Crippen molar-refractivity contribution in [3.63, 3.8) is 0 Å². The minimum absolute atomic E-state index is 0.0137. The number of nitrogens with one attached hydrogen (secondary N) is 3. The first-order valence-corrected chi connectivity index (χ1v) is 15.9. The number of ketones is 1. The molecule has 40 heavy (non-hydrogen) atoms. The van der Waals surface area contributed by atoms with Gasteiger partial charge in [-0.15, -0.1) is 11.3 Å². The van der Waals surface area contributed by atoms with Gasteiger partial charge in [-0.3, -0.25) is 4.79 Å². The Morgan fingerprint density at radius 1 is 1.02 bits per heavy atom. The molecule has 1 aromatic carbocycles. The number of Topliss-reactive ketones (excluding diaryl/α,β-unsaturated/α-hetero) is 1. The average molecular weight is 590 g/mol. The predicted octanol–water partition coefficient (Wildman–Crippen LogP) is 4.52. The van der Waals surface area contributed by atoms with Gasteiger partial charge < -0.3 is 15.4 Å². The molecule has 3 heterocycles. The highest BCUT2D eigenvalue weighted by molar-refractivity contribution is 7.90. The van der Waals surface area contributed by atoms with Crippen LogP contribution in [0.25, 0.3) is 21.6 Å². The summed E-state index contributed by atoms with van der Waals surface area (Å²) in [5.41, 5.74) is 2.57. The Morgan fingerprint density at radius 3 is 2.15 bits per heavy atom. The molecule has 1 aliphatic heterocycles. The third-order valence-corrected chi connectivity index (χ3v) is 8.71. The largest absolute Gasteiger partial charge is 0.473 e. The lowest BCUT2D eigenvalue weighted by molar-refractivity contribution is -0.123. The van der Waals surface area contributed by atoms with E-state index in [1.165, 1.54) is 0 Å². The molecular weight excluding hydrogens is 550 g/mol. The number of benzene rings is 1. The third-order valence-electron chi connectivity index (χ3n) is 5.69. The monoisotopic (exact) mass is 589 g/mol. The molecule has 1 atom stereocenters. The number of carbonyl (C=O) groups excluding carboxylic acids is 2. The lowest BCUT2D eigenvalue weighted by Gasteiger charge is -2.12. The topological polar surface area (TPSA) is 139 Å². The SMILES string of the molecule is CC(C)C(=O)[C@@H]1CNC(=O)N1.CC(C)NS(=O)(=O)C1CC1.CC(C)Oc1nc2ccccc2nc1-c1cccs1. The molecular formula is C28H39N5O5S2. The van der Waals surface area contributed by atoms with Crippen LogP contribution < -0.4 is 20.1 Å². The zero-order valence-electron chi connectivity index (χ0n) is 23.8. The summed E-state index contributed by atoms with van der Waals surface area (Å²) in [4.78, 5) is 32.2. The molecule has 3 N–H and O–H groups in total. The Kier molecular flexibility index (Phi) is 11.0. The molecule has 1 saturated carbocycles. The molecule has 5 rings (SSSR count). The molecule has 12 heteroatoms. The van der Waals surface area contributed by atoms with Gasteiger partial charge in [0.25, 0.3) is 0 Å². The zero-order chi connectivity index (χ0) is 29.4. The summed E-state index contributed by atoms with van der Waals surface area (Å²) in [6.45, 7) is 11.7. The van der Waals surface area contributed by atoms with Crippen LogP contribution in [0.15, 0.2) is 41.8 Å². The number of fused-ring (bicyclic) bond motifs is 1. The van der Waals surface area contributed by atoms with Crippen LogP contribution in [-0.2, 0) is 14.8 Å². The Hall–Kier alpha value is -3.09. The maximum atomic E-state index is 11.2. The minimum Gasteiger partial charge on any atom is -0.473 e. The Bertz CT molecular complexity index is 1390. The van der Waals surface area contributed by atoms with Crippen LogP contribution in [-0.4, -0.2) is 60.2 Å². The summed E-state index contributed by atoms with van der Waals surface area (Å²) in [5, 5.41) is 7.01. The summed E-state index contributed by atoms with van der Waals surface area (Å²) in [6.07, 6.45) is 1.75. The number of hydrogen-bond acceptors (Lipinski definition) is 8. The number of sulfonamides is 1. The number of nitrogens with zero attached hydrogens (tertiary/aromatic N) is 2. The van der Waals surface area contributed by atoms with Crippen molar-refractivity contribution in [2.45, 2.75) is 77.8 Å². The first-order valence-electron chi connectivity index (χ1n) is 13.4. The van der Waals surface area contributed by atoms with Crippen molar-refractivity contribution in [2.75, 3.05) is 6.54 Å². The fourth-order valence-corrected chi connectivity index (χ4v) is 6.01. The van der Waals surface area contributed by atoms with Crippen LogP contribution in [0.1, 0.15) is 54.4 Å². The highest BCUT2D eigenvalue weighted by Gasteiger charge is 2.35. The third kappa shape index (κ3) is 9.24. The predicted molar refractivity (Wildman–Crippen MR) is 159 cm³/mol. The molecule has 2 fully saturated rings. The van der Waals surface area contributed by atoms with Gasteiger partial charge in [0.2, 0.25) is 15.9 Å². The van der Waals surface area contributed by atoms with Gasteiger partial charge in [-0.25, -0.2) is 27.9 Å². The molecule has 0 bridgehead atoms. The Balaban J connectivity index is 0.000000180. The number of hydrogen-bond donors (Lipinski definition) is 3. The van der Waals surface area contributed by atoms with Crippen molar-refractivity contribution in [2.24, 2.45) is 5.92 Å². The molecule has 218 valence electrons. The van der Waals surface area contributed by atoms with Crippen molar-refractivity contribution < 1.29 is 22.7 Å². The minimum atomic E-state index is -2.94. The second kappa shape index (κ2) is 14.0. The van der Waals surface area contributed by atoms with Gasteiger partial charge in [-0.2, -0.15) is 0 Å². The number of amides is 2. The molecule has 0 unspecified atom stereocenters. The molecule has 2 aromatic heterocycles. The van der Waals surface area contributed by atoms with Gasteiger partial charge in [0.05, 0.1) is 27.3 Å². The number of rotatable bonds is 8. The van der Waals surface area contributed by atoms with Crippen LogP contribution >= 0.6 is 11.3 Å². The van der Waals surface area contributed by atoms with Gasteiger partial charge in [0.15, 0.2) is 5.78 Å². The summed E-state index contributed by atoms with van der Waals surface area (Å²) in [7, 11) is -2.94. The van der Waals surface area contributed by atoms with Crippen molar-refractivity contribution in [1.82, 2.24) is 25.3 Å². The average Bonchev–Trinajstić information content (AvgIpc) is 3.45. The number of carbonyl (C=O) groups is 2. The van der Waals surface area contributed by atoms with Gasteiger partial charge >= 0.3 is 6.03 Å². The molecule has 0 spiro atoms. The maximum Gasteiger partial charge on any atom is 0.315 e. The van der Waals surface area contributed by atoms with E-state index in [4.69, 9.17) is 9.72 Å². The molecule has 2 aliphatic rings. The molecule has 1 aliphatic carbocycles. The van der Waals surface area contributed by atoms with E-state index < -0.39 is 10.0 Å². The van der Waals surface area contributed by atoms with E-state index in [0.29, 0.717) is 12.4 Å². The van der Waals surface area contributed by atoms with E-state index >= 15 is 0 Å². The van der Waals surface area contributed by atoms with Crippen LogP contribution in [0.2, 0.25) is 0 Å². The quantitative estimate of drug-likeness (QED) is 0.351. The van der Waals surface area contributed by atoms with E-state index in [1.54, 1.807) is 11.3 Å². The highest BCUT2D eigenvalue weighted by Crippen LogP contribution is 2.32. The van der Waals surface area contributed by atoms with Crippen molar-refractivity contribution in [3.8, 4) is 16.5 Å². The van der Waals surface area contributed by atoms with Crippen LogP contribution in [0.3, 0.4) is 0 Å². The number of ether oxygens (including phenoxy) is 1. The lowest BCUT2D eigenvalue weighted by Crippen LogP contribution is -2.36. The first kappa shape index (κ1) is 31.4. The van der Waals surface area contributed by atoms with Crippen molar-refractivity contribution in [3.05, 3.63) is 41.8 Å². The molecule has 2 amide bonds. The van der Waals surface area contributed by atoms with Crippen LogP contribution in [0, 0.1) is 5.92 Å². The van der Waals surface area contributed by atoms with E-state index in [-0.39, 0.29) is 41.2 Å². The van der Waals surface area contributed by atoms with Gasteiger partial charge in [-0.05, 0) is 64.1 Å². The normalized spacial score (nSPS) is 16.6. The van der Waals surface area contributed by atoms with E-state index in [0.717, 1.165) is 34.4 Å². The molecule has 10 nitrogen and oxygen atoms in total. The van der Waals surface area contributed by atoms with Crippen molar-refractivity contribution in [1.29, 1.82) is 0 Å². The lowest BCUT2D eigenvalue weighted by atomic mass is 10.0. The number of para-hydroxylation sites is 2. The number of thiophene rings is 1. The van der Waals surface area contributed by atoms with E-state index in [1.807, 2.05) is 83.3 Å². The fourth-order valence-electron chi connectivity index (χ4n) is 3.70. The smallest absolute Gasteiger partial charge is 0.315 e. The summed E-state index contributed by atoms with van der Waals surface area (Å²) >= 11 is 1.64. The summed E-state index contributed by atoms with van der Waals surface area (Å²) in [5.74, 6) is 0.680. The summed E-state index contributed by atoms with van der Waals surface area (Å²) < 4.78 is 30.5. The van der Waals surface area contributed by atoms with Gasteiger partial charge in [0, 0.05) is 18.5 Å². The second-order valence-corrected chi connectivity index (χ2v) is 13.4.